The number of rotatable bonds is 6. The van der Waals surface area contributed by atoms with Gasteiger partial charge in [0.05, 0.1) is 5.56 Å². The molecule has 2 aromatic rings. The fourth-order valence-electron chi connectivity index (χ4n) is 3.28. The molecule has 1 N–H and O–H groups in total. The second-order valence-electron chi connectivity index (χ2n) is 6.95. The van der Waals surface area contributed by atoms with Gasteiger partial charge >= 0.3 is 5.97 Å². The maximum absolute atomic E-state index is 12.1. The molecule has 2 aromatic carbocycles. The zero-order valence-corrected chi connectivity index (χ0v) is 15.5. The quantitative estimate of drug-likeness (QED) is 0.772. The topological polar surface area (TPSA) is 64.6 Å². The average molecular weight is 367 g/mol. The van der Waals surface area contributed by atoms with E-state index in [1.54, 1.807) is 24.3 Å². The van der Waals surface area contributed by atoms with Gasteiger partial charge in [-0.05, 0) is 55.2 Å². The standard InChI is InChI=1S/C22H25NO4/c1-16-7-5-6-10-20(16)23-21(24)15-26-22(25)17-11-13-19(14-12-17)27-18-8-3-2-4-9-18/h2-4,8-9,11-14,16,20H,5-7,10,15H2,1H3,(H,23,24). The van der Waals surface area contributed by atoms with E-state index < -0.39 is 5.97 Å². The Labute approximate surface area is 159 Å². The molecule has 5 heteroatoms. The van der Waals surface area contributed by atoms with Crippen molar-refractivity contribution in [3.8, 4) is 11.5 Å². The molecule has 142 valence electrons. The Balaban J connectivity index is 1.47. The Bertz CT molecular complexity index is 758. The largest absolute Gasteiger partial charge is 0.457 e. The highest BCUT2D eigenvalue weighted by molar-refractivity contribution is 5.91. The smallest absolute Gasteiger partial charge is 0.338 e. The maximum atomic E-state index is 12.1. The highest BCUT2D eigenvalue weighted by atomic mass is 16.5. The van der Waals surface area contributed by atoms with Crippen molar-refractivity contribution in [1.29, 1.82) is 0 Å². The van der Waals surface area contributed by atoms with E-state index in [4.69, 9.17) is 9.47 Å². The zero-order valence-electron chi connectivity index (χ0n) is 15.5. The van der Waals surface area contributed by atoms with Crippen LogP contribution in [0.5, 0.6) is 11.5 Å². The number of para-hydroxylation sites is 1. The van der Waals surface area contributed by atoms with Crippen LogP contribution in [0.4, 0.5) is 0 Å². The van der Waals surface area contributed by atoms with E-state index in [-0.39, 0.29) is 18.6 Å². The zero-order chi connectivity index (χ0) is 19.1. The van der Waals surface area contributed by atoms with E-state index in [9.17, 15) is 9.59 Å². The van der Waals surface area contributed by atoms with Crippen LogP contribution in [-0.2, 0) is 9.53 Å². The van der Waals surface area contributed by atoms with Gasteiger partial charge in [-0.25, -0.2) is 4.79 Å². The first kappa shape index (κ1) is 19.0. The monoisotopic (exact) mass is 367 g/mol. The molecule has 1 saturated carbocycles. The van der Waals surface area contributed by atoms with Gasteiger partial charge in [-0.2, -0.15) is 0 Å². The fourth-order valence-corrected chi connectivity index (χ4v) is 3.28. The Kier molecular flexibility index (Phi) is 6.47. The van der Waals surface area contributed by atoms with Crippen LogP contribution < -0.4 is 10.1 Å². The number of benzene rings is 2. The van der Waals surface area contributed by atoms with E-state index in [0.717, 1.165) is 25.0 Å². The predicted octanol–water partition coefficient (Wildman–Crippen LogP) is 4.33. The van der Waals surface area contributed by atoms with Crippen molar-refractivity contribution in [2.24, 2.45) is 5.92 Å². The van der Waals surface area contributed by atoms with Crippen LogP contribution in [0.1, 0.15) is 43.0 Å². The summed E-state index contributed by atoms with van der Waals surface area (Å²) < 4.78 is 10.8. The van der Waals surface area contributed by atoms with Crippen molar-refractivity contribution >= 4 is 11.9 Å². The first-order valence-electron chi connectivity index (χ1n) is 9.41. The van der Waals surface area contributed by atoms with Gasteiger partial charge in [-0.3, -0.25) is 4.79 Å². The van der Waals surface area contributed by atoms with Gasteiger partial charge in [-0.15, -0.1) is 0 Å². The first-order valence-corrected chi connectivity index (χ1v) is 9.41. The highest BCUT2D eigenvalue weighted by Gasteiger charge is 2.23. The summed E-state index contributed by atoms with van der Waals surface area (Å²) in [5, 5.41) is 2.98. The maximum Gasteiger partial charge on any atom is 0.338 e. The number of carbonyl (C=O) groups excluding carboxylic acids is 2. The molecule has 27 heavy (non-hydrogen) atoms. The van der Waals surface area contributed by atoms with Gasteiger partial charge in [0.2, 0.25) is 0 Å². The van der Waals surface area contributed by atoms with Crippen LogP contribution in [0, 0.1) is 5.92 Å². The highest BCUT2D eigenvalue weighted by Crippen LogP contribution is 2.24. The lowest BCUT2D eigenvalue weighted by Gasteiger charge is -2.29. The molecule has 2 atom stereocenters. The summed E-state index contributed by atoms with van der Waals surface area (Å²) in [6, 6.07) is 16.2. The van der Waals surface area contributed by atoms with E-state index in [1.807, 2.05) is 30.3 Å². The van der Waals surface area contributed by atoms with Crippen LogP contribution in [0.2, 0.25) is 0 Å². The van der Waals surface area contributed by atoms with E-state index in [0.29, 0.717) is 17.2 Å². The van der Waals surface area contributed by atoms with Crippen LogP contribution >= 0.6 is 0 Å². The fraction of sp³-hybridized carbons (Fsp3) is 0.364. The molecule has 0 bridgehead atoms. The van der Waals surface area contributed by atoms with Crippen LogP contribution in [-0.4, -0.2) is 24.5 Å². The normalized spacial score (nSPS) is 19.1. The SMILES string of the molecule is CC1CCCCC1NC(=O)COC(=O)c1ccc(Oc2ccccc2)cc1. The van der Waals surface area contributed by atoms with Gasteiger partial charge < -0.3 is 14.8 Å². The molecule has 3 rings (SSSR count). The minimum absolute atomic E-state index is 0.180. The van der Waals surface area contributed by atoms with Crippen LogP contribution in [0.15, 0.2) is 54.6 Å². The summed E-state index contributed by atoms with van der Waals surface area (Å²) in [6.45, 7) is 1.89. The molecule has 0 aromatic heterocycles. The Morgan fingerprint density at radius 1 is 0.963 bits per heavy atom. The summed E-state index contributed by atoms with van der Waals surface area (Å²) >= 11 is 0. The second kappa shape index (κ2) is 9.21. The number of ether oxygens (including phenoxy) is 2. The molecule has 1 fully saturated rings. The van der Waals surface area contributed by atoms with Crippen molar-refractivity contribution in [3.63, 3.8) is 0 Å². The number of nitrogens with one attached hydrogen (secondary N) is 1. The Hall–Kier alpha value is -2.82. The van der Waals surface area contributed by atoms with E-state index >= 15 is 0 Å². The number of hydrogen-bond acceptors (Lipinski definition) is 4. The second-order valence-corrected chi connectivity index (χ2v) is 6.95. The summed E-state index contributed by atoms with van der Waals surface area (Å²) in [6.07, 6.45) is 4.46. The van der Waals surface area contributed by atoms with Crippen molar-refractivity contribution in [2.45, 2.75) is 38.6 Å². The van der Waals surface area contributed by atoms with Crippen molar-refractivity contribution in [3.05, 3.63) is 60.2 Å². The number of esters is 1. The van der Waals surface area contributed by atoms with Gasteiger partial charge in [0, 0.05) is 6.04 Å². The molecule has 2 unspecified atom stereocenters. The predicted molar refractivity (Wildman–Crippen MR) is 103 cm³/mol. The van der Waals surface area contributed by atoms with Gasteiger partial charge in [-0.1, -0.05) is 38.0 Å². The van der Waals surface area contributed by atoms with Crippen molar-refractivity contribution in [2.75, 3.05) is 6.61 Å². The lowest BCUT2D eigenvalue weighted by atomic mass is 9.86. The third-order valence-corrected chi connectivity index (χ3v) is 4.86. The first-order chi connectivity index (χ1) is 13.1. The van der Waals surface area contributed by atoms with Gasteiger partial charge in [0.15, 0.2) is 6.61 Å². The van der Waals surface area contributed by atoms with E-state index in [1.165, 1.54) is 6.42 Å². The number of hydrogen-bond donors (Lipinski definition) is 1. The summed E-state index contributed by atoms with van der Waals surface area (Å²) in [7, 11) is 0. The van der Waals surface area contributed by atoms with Crippen LogP contribution in [0.3, 0.4) is 0 Å². The number of carbonyl (C=O) groups is 2. The molecule has 5 nitrogen and oxygen atoms in total. The molecule has 0 heterocycles. The third kappa shape index (κ3) is 5.58. The number of amides is 1. The lowest BCUT2D eigenvalue weighted by molar-refractivity contribution is -0.125. The minimum atomic E-state index is -0.520. The van der Waals surface area contributed by atoms with Crippen LogP contribution in [0.25, 0.3) is 0 Å². The molecule has 1 aliphatic rings. The molecule has 0 spiro atoms. The average Bonchev–Trinajstić information content (AvgIpc) is 2.69. The van der Waals surface area contributed by atoms with Crippen molar-refractivity contribution < 1.29 is 19.1 Å². The lowest BCUT2D eigenvalue weighted by Crippen LogP contribution is -2.42. The molecule has 0 radical (unpaired) electrons. The summed E-state index contributed by atoms with van der Waals surface area (Å²) in [4.78, 5) is 24.2. The Morgan fingerprint density at radius 2 is 1.63 bits per heavy atom. The molecule has 1 amide bonds. The minimum Gasteiger partial charge on any atom is -0.457 e. The Morgan fingerprint density at radius 3 is 2.33 bits per heavy atom. The molecular weight excluding hydrogens is 342 g/mol. The summed E-state index contributed by atoms with van der Waals surface area (Å²) in [5.74, 6) is 1.05. The summed E-state index contributed by atoms with van der Waals surface area (Å²) in [5.41, 5.74) is 0.384. The van der Waals surface area contributed by atoms with Crippen molar-refractivity contribution in [1.82, 2.24) is 5.32 Å². The molecule has 0 aliphatic heterocycles. The van der Waals surface area contributed by atoms with E-state index in [2.05, 4.69) is 12.2 Å². The van der Waals surface area contributed by atoms with Gasteiger partial charge in [0.1, 0.15) is 11.5 Å². The molecular formula is C22H25NO4. The molecule has 0 saturated heterocycles. The van der Waals surface area contributed by atoms with Gasteiger partial charge in [0.25, 0.3) is 5.91 Å². The third-order valence-electron chi connectivity index (χ3n) is 4.86. The molecule has 1 aliphatic carbocycles.